The zero-order valence-electron chi connectivity index (χ0n) is 15.9. The van der Waals surface area contributed by atoms with E-state index in [4.69, 9.17) is 11.5 Å². The van der Waals surface area contributed by atoms with E-state index in [0.29, 0.717) is 0 Å². The van der Waals surface area contributed by atoms with Crippen molar-refractivity contribution >= 4 is 29.6 Å². The van der Waals surface area contributed by atoms with Crippen LogP contribution in [0.15, 0.2) is 30.3 Å². The molecule has 0 saturated carbocycles. The van der Waals surface area contributed by atoms with Crippen LogP contribution < -0.4 is 27.4 Å². The molecule has 1 aromatic rings. The Kier molecular flexibility index (Phi) is 9.26. The molecule has 11 nitrogen and oxygen atoms in total. The molecule has 11 heteroatoms. The van der Waals surface area contributed by atoms with Crippen LogP contribution in [-0.4, -0.2) is 59.4 Å². The molecule has 8 N–H and O–H groups in total. The number of carbonyl (C=O) groups excluding carboxylic acids is 4. The summed E-state index contributed by atoms with van der Waals surface area (Å²) in [6.45, 7) is 0.893. The summed E-state index contributed by atoms with van der Waals surface area (Å²) >= 11 is 0. The van der Waals surface area contributed by atoms with E-state index in [2.05, 4.69) is 16.0 Å². The number of hydrogen-bond acceptors (Lipinski definition) is 6. The molecule has 1 aromatic carbocycles. The maximum Gasteiger partial charge on any atom is 0.326 e. The number of benzene rings is 1. The van der Waals surface area contributed by atoms with Gasteiger partial charge in [-0.05, 0) is 12.5 Å². The summed E-state index contributed by atoms with van der Waals surface area (Å²) in [7, 11) is 0. The second-order valence-electron chi connectivity index (χ2n) is 6.37. The fourth-order valence-electron chi connectivity index (χ4n) is 2.31. The first kappa shape index (κ1) is 23.6. The lowest BCUT2D eigenvalue weighted by molar-refractivity contribution is -0.142. The van der Waals surface area contributed by atoms with Gasteiger partial charge in [0.1, 0.15) is 12.1 Å². The fourth-order valence-corrected chi connectivity index (χ4v) is 2.31. The van der Waals surface area contributed by atoms with Gasteiger partial charge in [-0.15, -0.1) is 0 Å². The maximum atomic E-state index is 12.2. The molecule has 3 unspecified atom stereocenters. The van der Waals surface area contributed by atoms with E-state index in [1.807, 2.05) is 0 Å². The third kappa shape index (κ3) is 8.84. The highest BCUT2D eigenvalue weighted by molar-refractivity contribution is 5.93. The number of carbonyl (C=O) groups is 5. The first-order chi connectivity index (χ1) is 13.6. The quantitative estimate of drug-likeness (QED) is 0.236. The van der Waals surface area contributed by atoms with Gasteiger partial charge in [-0.1, -0.05) is 30.3 Å². The third-order valence-corrected chi connectivity index (χ3v) is 3.85. The first-order valence-corrected chi connectivity index (χ1v) is 8.78. The number of amides is 4. The molecule has 0 aromatic heterocycles. The van der Waals surface area contributed by atoms with E-state index in [-0.39, 0.29) is 12.8 Å². The van der Waals surface area contributed by atoms with E-state index in [1.165, 1.54) is 6.92 Å². The Morgan fingerprint density at radius 1 is 1.03 bits per heavy atom. The average molecular weight is 407 g/mol. The highest BCUT2D eigenvalue weighted by Gasteiger charge is 2.24. The summed E-state index contributed by atoms with van der Waals surface area (Å²) in [5.41, 5.74) is 11.1. The minimum Gasteiger partial charge on any atom is -0.480 e. The lowest BCUT2D eigenvalue weighted by Crippen LogP contribution is -2.53. The Labute approximate surface area is 167 Å². The van der Waals surface area contributed by atoms with Crippen molar-refractivity contribution in [3.8, 4) is 0 Å². The first-order valence-electron chi connectivity index (χ1n) is 8.78. The van der Waals surface area contributed by atoms with Gasteiger partial charge < -0.3 is 32.5 Å². The van der Waals surface area contributed by atoms with Gasteiger partial charge in [0.25, 0.3) is 0 Å². The van der Waals surface area contributed by atoms with Gasteiger partial charge in [0, 0.05) is 6.42 Å². The smallest absolute Gasteiger partial charge is 0.326 e. The van der Waals surface area contributed by atoms with Crippen LogP contribution in [0.5, 0.6) is 0 Å². The topological polar surface area (TPSA) is 194 Å². The molecule has 1 rings (SSSR count). The number of rotatable bonds is 11. The standard InChI is InChI=1S/C18H25N5O6/c1-10(22-15(25)9-21-17(27)12(19)8-14(20)24)16(26)23-13(18(28)29)7-11-5-3-2-4-6-11/h2-6,10,12-13H,7-9,19H2,1H3,(H2,20,24)(H,21,27)(H,22,25)(H,23,26)(H,28,29). The molecule has 0 bridgehead atoms. The number of nitrogens with one attached hydrogen (secondary N) is 3. The van der Waals surface area contributed by atoms with E-state index in [1.54, 1.807) is 30.3 Å². The molecule has 158 valence electrons. The summed E-state index contributed by atoms with van der Waals surface area (Å²) in [5, 5.41) is 16.2. The zero-order valence-corrected chi connectivity index (χ0v) is 15.9. The molecule has 0 spiro atoms. The van der Waals surface area contributed by atoms with E-state index >= 15 is 0 Å². The minimum absolute atomic E-state index is 0.0798. The van der Waals surface area contributed by atoms with Gasteiger partial charge in [-0.25, -0.2) is 4.79 Å². The summed E-state index contributed by atoms with van der Waals surface area (Å²) < 4.78 is 0. The summed E-state index contributed by atoms with van der Waals surface area (Å²) in [6, 6.07) is 5.36. The summed E-state index contributed by atoms with van der Waals surface area (Å²) in [5.74, 6) is -4.10. The molecule has 4 amide bonds. The molecule has 0 fully saturated rings. The van der Waals surface area contributed by atoms with Crippen LogP contribution in [0.4, 0.5) is 0 Å². The number of carboxylic acids is 1. The molecule has 0 aliphatic carbocycles. The van der Waals surface area contributed by atoms with Gasteiger partial charge >= 0.3 is 5.97 Å². The number of hydrogen-bond donors (Lipinski definition) is 6. The van der Waals surface area contributed by atoms with Gasteiger partial charge in [0.05, 0.1) is 19.0 Å². The van der Waals surface area contributed by atoms with Crippen LogP contribution in [0.3, 0.4) is 0 Å². The summed E-state index contributed by atoms with van der Waals surface area (Å²) in [4.78, 5) is 57.8. The molecule has 29 heavy (non-hydrogen) atoms. The molecular formula is C18H25N5O6. The fraction of sp³-hybridized carbons (Fsp3) is 0.389. The second-order valence-corrected chi connectivity index (χ2v) is 6.37. The largest absolute Gasteiger partial charge is 0.480 e. The number of carboxylic acid groups (broad SMARTS) is 1. The van der Waals surface area contributed by atoms with Gasteiger partial charge in [0.15, 0.2) is 0 Å². The normalized spacial score (nSPS) is 13.4. The number of primary amides is 1. The lowest BCUT2D eigenvalue weighted by Gasteiger charge is -2.19. The van der Waals surface area contributed by atoms with Crippen molar-refractivity contribution in [3.63, 3.8) is 0 Å². The van der Waals surface area contributed by atoms with E-state index in [0.717, 1.165) is 5.56 Å². The Bertz CT molecular complexity index is 754. The van der Waals surface area contributed by atoms with Crippen LogP contribution in [0.25, 0.3) is 0 Å². The molecule has 0 aliphatic heterocycles. The Hall–Kier alpha value is -3.47. The Morgan fingerprint density at radius 2 is 1.66 bits per heavy atom. The highest BCUT2D eigenvalue weighted by atomic mass is 16.4. The molecule has 3 atom stereocenters. The van der Waals surface area contributed by atoms with Crippen molar-refractivity contribution in [2.24, 2.45) is 11.5 Å². The third-order valence-electron chi connectivity index (χ3n) is 3.85. The van der Waals surface area contributed by atoms with Crippen LogP contribution in [0, 0.1) is 0 Å². The van der Waals surface area contributed by atoms with Crippen LogP contribution in [0.2, 0.25) is 0 Å². The highest BCUT2D eigenvalue weighted by Crippen LogP contribution is 2.04. The Balaban J connectivity index is 2.50. The molecular weight excluding hydrogens is 382 g/mol. The van der Waals surface area contributed by atoms with Crippen LogP contribution in [0.1, 0.15) is 18.9 Å². The van der Waals surface area contributed by atoms with Crippen LogP contribution in [-0.2, 0) is 30.4 Å². The molecule has 0 radical (unpaired) electrons. The van der Waals surface area contributed by atoms with Gasteiger partial charge in [0.2, 0.25) is 23.6 Å². The SMILES string of the molecule is CC(NC(=O)CNC(=O)C(N)CC(N)=O)C(=O)NC(Cc1ccccc1)C(=O)O. The van der Waals surface area contributed by atoms with E-state index < -0.39 is 54.3 Å². The van der Waals surface area contributed by atoms with Gasteiger partial charge in [-0.3, -0.25) is 19.2 Å². The number of nitrogens with two attached hydrogens (primary N) is 2. The summed E-state index contributed by atoms with van der Waals surface area (Å²) in [6.07, 6.45) is -0.291. The van der Waals surface area contributed by atoms with Crippen molar-refractivity contribution in [2.75, 3.05) is 6.54 Å². The molecule has 0 heterocycles. The molecule has 0 aliphatic rings. The van der Waals surface area contributed by atoms with Crippen molar-refractivity contribution in [3.05, 3.63) is 35.9 Å². The monoisotopic (exact) mass is 407 g/mol. The second kappa shape index (κ2) is 11.4. The van der Waals surface area contributed by atoms with Crippen molar-refractivity contribution in [1.29, 1.82) is 0 Å². The minimum atomic E-state index is -1.21. The zero-order chi connectivity index (χ0) is 22.0. The van der Waals surface area contributed by atoms with Crippen molar-refractivity contribution < 1.29 is 29.1 Å². The Morgan fingerprint density at radius 3 is 2.21 bits per heavy atom. The van der Waals surface area contributed by atoms with E-state index in [9.17, 15) is 29.1 Å². The predicted octanol–water partition coefficient (Wildman–Crippen LogP) is -2.38. The van der Waals surface area contributed by atoms with Crippen molar-refractivity contribution in [2.45, 2.75) is 37.9 Å². The lowest BCUT2D eigenvalue weighted by atomic mass is 10.1. The predicted molar refractivity (Wildman–Crippen MR) is 102 cm³/mol. The van der Waals surface area contributed by atoms with Crippen LogP contribution >= 0.6 is 0 Å². The van der Waals surface area contributed by atoms with Gasteiger partial charge in [-0.2, -0.15) is 0 Å². The molecule has 0 saturated heterocycles. The number of aliphatic carboxylic acids is 1. The average Bonchev–Trinajstić information content (AvgIpc) is 2.65. The van der Waals surface area contributed by atoms with Crippen molar-refractivity contribution in [1.82, 2.24) is 16.0 Å². The maximum absolute atomic E-state index is 12.2.